The number of hydrogen-bond acceptors (Lipinski definition) is 8. The van der Waals surface area contributed by atoms with Crippen LogP contribution in [0.1, 0.15) is 40.4 Å². The summed E-state index contributed by atoms with van der Waals surface area (Å²) in [7, 11) is 0.721. The second-order valence-electron chi connectivity index (χ2n) is 10.5. The van der Waals surface area contributed by atoms with E-state index >= 15 is 0 Å². The molecule has 1 aliphatic heterocycles. The molecule has 2 heterocycles. The summed E-state index contributed by atoms with van der Waals surface area (Å²) in [6.45, 7) is 5.27. The van der Waals surface area contributed by atoms with Crippen molar-refractivity contribution >= 4 is 27.5 Å². The van der Waals surface area contributed by atoms with E-state index in [0.29, 0.717) is 17.1 Å². The van der Waals surface area contributed by atoms with Crippen molar-refractivity contribution in [1.29, 1.82) is 0 Å². The third-order valence-electron chi connectivity index (χ3n) is 7.38. The highest BCUT2D eigenvalue weighted by atomic mass is 32.2. The van der Waals surface area contributed by atoms with Gasteiger partial charge in [0.05, 0.1) is 48.1 Å². The highest BCUT2D eigenvalue weighted by Gasteiger charge is 2.36. The molecule has 0 spiro atoms. The van der Waals surface area contributed by atoms with Gasteiger partial charge in [-0.25, -0.2) is 8.42 Å². The summed E-state index contributed by atoms with van der Waals surface area (Å²) in [6, 6.07) is 12.1. The number of aliphatic hydroxyl groups is 1. The monoisotopic (exact) mass is 599 g/mol. The zero-order valence-electron chi connectivity index (χ0n) is 24.6. The van der Waals surface area contributed by atoms with Crippen molar-refractivity contribution in [1.82, 2.24) is 19.0 Å². The molecule has 42 heavy (non-hydrogen) atoms. The zero-order chi connectivity index (χ0) is 30.8. The molecule has 0 radical (unpaired) electrons. The molecule has 4 rings (SSSR count). The van der Waals surface area contributed by atoms with E-state index in [9.17, 15) is 23.1 Å². The summed E-state index contributed by atoms with van der Waals surface area (Å²) < 4.78 is 41.2. The number of rotatable bonds is 9. The smallest absolute Gasteiger partial charge is 0.274 e. The Hall–Kier alpha value is -3.94. The maximum absolute atomic E-state index is 13.7. The molecular weight excluding hydrogens is 562 g/mol. The van der Waals surface area contributed by atoms with E-state index in [2.05, 4.69) is 10.4 Å². The maximum atomic E-state index is 13.7. The Labute approximate surface area is 245 Å². The minimum atomic E-state index is -3.90. The van der Waals surface area contributed by atoms with Crippen molar-refractivity contribution in [2.24, 2.45) is 13.0 Å². The normalized spacial score (nSPS) is 18.1. The lowest BCUT2D eigenvalue weighted by Gasteiger charge is -2.38. The van der Waals surface area contributed by atoms with Gasteiger partial charge in [-0.15, -0.1) is 0 Å². The number of likely N-dealkylation sites (N-methyl/N-ethyl adjacent to an activating group) is 1. The molecule has 13 heteroatoms. The Bertz CT molecular complexity index is 1550. The number of amides is 2. The standard InChI is InChI=1S/C29H37N5O7S/c1-18-15-34(20(3)17-35)29(37)23-8-7-9-24(30-28(36)25-14-19(2)31-33(25)5)27(23)41-26(18)16-32(4)42(38,39)22-12-10-21(40-6)11-13-22/h7-14,18,20,26,35H,15-17H2,1-6H3,(H,30,36)/t18-,20+,26+/m0/s1. The third kappa shape index (κ3) is 6.27. The number of carbonyl (C=O) groups excluding carboxylic acids is 2. The predicted molar refractivity (Wildman–Crippen MR) is 156 cm³/mol. The Morgan fingerprint density at radius 3 is 2.55 bits per heavy atom. The Morgan fingerprint density at radius 1 is 1.26 bits per heavy atom. The summed E-state index contributed by atoms with van der Waals surface area (Å²) in [5, 5.41) is 17.0. The van der Waals surface area contributed by atoms with E-state index in [1.807, 2.05) is 6.92 Å². The van der Waals surface area contributed by atoms with Gasteiger partial charge in [0.1, 0.15) is 17.5 Å². The minimum Gasteiger partial charge on any atom is -0.497 e. The van der Waals surface area contributed by atoms with Gasteiger partial charge in [-0.05, 0) is 56.3 Å². The molecule has 2 aromatic carbocycles. The van der Waals surface area contributed by atoms with E-state index in [1.165, 1.54) is 35.3 Å². The first kappa shape index (κ1) is 31.0. The van der Waals surface area contributed by atoms with Gasteiger partial charge in [0.25, 0.3) is 11.8 Å². The molecule has 0 bridgehead atoms. The van der Waals surface area contributed by atoms with Crippen LogP contribution < -0.4 is 14.8 Å². The fourth-order valence-corrected chi connectivity index (χ4v) is 6.03. The predicted octanol–water partition coefficient (Wildman–Crippen LogP) is 2.53. The number of aromatic nitrogens is 2. The SMILES string of the molecule is COc1ccc(S(=O)(=O)N(C)C[C@H]2Oc3c(NC(=O)c4cc(C)nn4C)cccc3C(=O)N([C@H](C)CO)C[C@@H]2C)cc1. The number of ether oxygens (including phenoxy) is 2. The number of fused-ring (bicyclic) bond motifs is 1. The second kappa shape index (κ2) is 12.5. The van der Waals surface area contributed by atoms with Crippen LogP contribution in [-0.2, 0) is 17.1 Å². The number of nitrogens with one attached hydrogen (secondary N) is 1. The van der Waals surface area contributed by atoms with Crippen molar-refractivity contribution in [3.63, 3.8) is 0 Å². The van der Waals surface area contributed by atoms with Gasteiger partial charge < -0.3 is 24.8 Å². The first-order chi connectivity index (χ1) is 19.9. The van der Waals surface area contributed by atoms with E-state index in [-0.39, 0.29) is 53.4 Å². The number of anilines is 1. The summed E-state index contributed by atoms with van der Waals surface area (Å²) in [5.74, 6) is -0.522. The van der Waals surface area contributed by atoms with E-state index in [1.54, 1.807) is 62.2 Å². The summed E-state index contributed by atoms with van der Waals surface area (Å²) >= 11 is 0. The topological polar surface area (TPSA) is 143 Å². The molecule has 0 fully saturated rings. The van der Waals surface area contributed by atoms with Gasteiger partial charge in [-0.1, -0.05) is 13.0 Å². The van der Waals surface area contributed by atoms with Gasteiger partial charge in [0.15, 0.2) is 5.75 Å². The van der Waals surface area contributed by atoms with Crippen molar-refractivity contribution in [2.75, 3.05) is 39.2 Å². The number of benzene rings is 2. The fraction of sp³-hybridized carbons (Fsp3) is 0.414. The summed E-state index contributed by atoms with van der Waals surface area (Å²) in [4.78, 5) is 28.6. The number of carbonyl (C=O) groups is 2. The van der Waals surface area contributed by atoms with Crippen LogP contribution in [0.3, 0.4) is 0 Å². The van der Waals surface area contributed by atoms with Gasteiger partial charge >= 0.3 is 0 Å². The molecule has 1 aromatic heterocycles. The third-order valence-corrected chi connectivity index (χ3v) is 9.22. The zero-order valence-corrected chi connectivity index (χ0v) is 25.4. The number of methoxy groups -OCH3 is 1. The number of hydrogen-bond donors (Lipinski definition) is 2. The van der Waals surface area contributed by atoms with Crippen molar-refractivity contribution in [2.45, 2.75) is 37.8 Å². The van der Waals surface area contributed by atoms with Crippen LogP contribution in [-0.4, -0.2) is 90.3 Å². The Kier molecular flexibility index (Phi) is 9.24. The first-order valence-corrected chi connectivity index (χ1v) is 14.9. The largest absolute Gasteiger partial charge is 0.497 e. The molecule has 2 amide bonds. The van der Waals surface area contributed by atoms with E-state index in [4.69, 9.17) is 9.47 Å². The lowest BCUT2D eigenvalue weighted by atomic mass is 9.99. The lowest BCUT2D eigenvalue weighted by Crippen LogP contribution is -2.50. The lowest BCUT2D eigenvalue weighted by molar-refractivity contribution is 0.0388. The molecule has 226 valence electrons. The van der Waals surface area contributed by atoms with Crippen LogP contribution in [0.5, 0.6) is 11.5 Å². The van der Waals surface area contributed by atoms with E-state index < -0.39 is 28.1 Å². The number of aliphatic hydroxyl groups excluding tert-OH is 1. The molecular formula is C29H37N5O7S. The highest BCUT2D eigenvalue weighted by Crippen LogP contribution is 2.35. The number of para-hydroxylation sites is 1. The molecule has 0 unspecified atom stereocenters. The Balaban J connectivity index is 1.72. The molecule has 3 atom stereocenters. The van der Waals surface area contributed by atoms with Gasteiger partial charge in [0, 0.05) is 26.6 Å². The minimum absolute atomic E-state index is 0.0479. The van der Waals surface area contributed by atoms with Gasteiger partial charge in [-0.3, -0.25) is 14.3 Å². The number of aryl methyl sites for hydroxylation is 2. The molecule has 12 nitrogen and oxygen atoms in total. The van der Waals surface area contributed by atoms with Crippen molar-refractivity contribution in [3.05, 3.63) is 65.5 Å². The van der Waals surface area contributed by atoms with Crippen LogP contribution in [0.4, 0.5) is 5.69 Å². The van der Waals surface area contributed by atoms with Gasteiger partial charge in [-0.2, -0.15) is 9.40 Å². The summed E-state index contributed by atoms with van der Waals surface area (Å²) in [6.07, 6.45) is -0.722. The fourth-order valence-electron chi connectivity index (χ4n) is 4.85. The Morgan fingerprint density at radius 2 is 1.95 bits per heavy atom. The van der Waals surface area contributed by atoms with Crippen LogP contribution >= 0.6 is 0 Å². The molecule has 3 aromatic rings. The quantitative estimate of drug-likeness (QED) is 0.382. The average Bonchev–Trinajstić information content (AvgIpc) is 3.32. The molecule has 0 aliphatic carbocycles. The maximum Gasteiger partial charge on any atom is 0.274 e. The molecule has 1 aliphatic rings. The first-order valence-electron chi connectivity index (χ1n) is 13.5. The van der Waals surface area contributed by atoms with Crippen molar-refractivity contribution in [3.8, 4) is 11.5 Å². The molecule has 0 saturated heterocycles. The number of sulfonamides is 1. The second-order valence-corrected chi connectivity index (χ2v) is 12.6. The molecule has 0 saturated carbocycles. The average molecular weight is 600 g/mol. The van der Waals surface area contributed by atoms with E-state index in [0.717, 1.165) is 0 Å². The van der Waals surface area contributed by atoms with Crippen LogP contribution in [0.2, 0.25) is 0 Å². The molecule has 2 N–H and O–H groups in total. The van der Waals surface area contributed by atoms with Crippen molar-refractivity contribution < 1.29 is 32.6 Å². The highest BCUT2D eigenvalue weighted by molar-refractivity contribution is 7.89. The number of nitrogens with zero attached hydrogens (tertiary/aromatic N) is 4. The van der Waals surface area contributed by atoms with Crippen LogP contribution in [0.25, 0.3) is 0 Å². The van der Waals surface area contributed by atoms with Gasteiger partial charge in [0.2, 0.25) is 10.0 Å². The van der Waals surface area contributed by atoms with Crippen LogP contribution in [0.15, 0.2) is 53.4 Å². The van der Waals surface area contributed by atoms with Crippen LogP contribution in [0, 0.1) is 12.8 Å². The summed E-state index contributed by atoms with van der Waals surface area (Å²) in [5.41, 5.74) is 1.42.